The predicted octanol–water partition coefficient (Wildman–Crippen LogP) is 3.95. The predicted molar refractivity (Wildman–Crippen MR) is 172 cm³/mol. The zero-order valence-corrected chi connectivity index (χ0v) is 26.1. The molecule has 1 aliphatic heterocycles. The fraction of sp³-hybridized carbons (Fsp3) is 0.515. The van der Waals surface area contributed by atoms with Crippen molar-refractivity contribution >= 4 is 16.7 Å². The molecule has 11 heteroatoms. The van der Waals surface area contributed by atoms with Crippen molar-refractivity contribution in [2.24, 2.45) is 7.05 Å². The van der Waals surface area contributed by atoms with E-state index in [4.69, 9.17) is 19.6 Å². The molecule has 0 spiro atoms. The van der Waals surface area contributed by atoms with Crippen LogP contribution in [0.2, 0.25) is 0 Å². The number of pyridine rings is 1. The smallest absolute Gasteiger partial charge is 0.266 e. The lowest BCUT2D eigenvalue weighted by Crippen LogP contribution is -2.46. The van der Waals surface area contributed by atoms with E-state index in [0.717, 1.165) is 106 Å². The summed E-state index contributed by atoms with van der Waals surface area (Å²) < 4.78 is 14.9. The molecule has 0 radical (unpaired) electrons. The van der Waals surface area contributed by atoms with Crippen LogP contribution in [0.3, 0.4) is 0 Å². The molecule has 3 aromatic heterocycles. The summed E-state index contributed by atoms with van der Waals surface area (Å²) in [5.41, 5.74) is 4.36. The van der Waals surface area contributed by atoms with Gasteiger partial charge in [0.1, 0.15) is 17.6 Å². The molecule has 1 aliphatic carbocycles. The number of aryl methyl sites for hydroxylation is 1. The van der Waals surface area contributed by atoms with Crippen molar-refractivity contribution in [3.63, 3.8) is 0 Å². The zero-order valence-electron chi connectivity index (χ0n) is 26.1. The molecule has 1 N–H and O–H groups in total. The van der Waals surface area contributed by atoms with Gasteiger partial charge in [-0.1, -0.05) is 24.3 Å². The lowest BCUT2D eigenvalue weighted by Gasteiger charge is -2.34. The fourth-order valence-electron chi connectivity index (χ4n) is 6.34. The molecule has 44 heavy (non-hydrogen) atoms. The highest BCUT2D eigenvalue weighted by atomic mass is 16.5. The van der Waals surface area contributed by atoms with Gasteiger partial charge in [-0.3, -0.25) is 19.3 Å². The van der Waals surface area contributed by atoms with Crippen molar-refractivity contribution in [1.82, 2.24) is 34.3 Å². The van der Waals surface area contributed by atoms with E-state index in [1.165, 1.54) is 16.3 Å². The molecule has 1 aromatic carbocycles. The highest BCUT2D eigenvalue weighted by Crippen LogP contribution is 2.36. The number of hydrogen-bond donors (Lipinski definition) is 1. The van der Waals surface area contributed by atoms with Crippen molar-refractivity contribution in [3.05, 3.63) is 64.6 Å². The minimum Gasteiger partial charge on any atom is -0.473 e. The molecular weight excluding hydrogens is 556 g/mol. The van der Waals surface area contributed by atoms with Crippen LogP contribution < -0.4 is 15.6 Å². The Balaban J connectivity index is 1.16. The molecule has 0 amide bonds. The van der Waals surface area contributed by atoms with Gasteiger partial charge in [-0.05, 0) is 38.2 Å². The van der Waals surface area contributed by atoms with E-state index in [-0.39, 0.29) is 17.7 Å². The number of nitrogens with zero attached hydrogens (tertiary/aromatic N) is 7. The second-order valence-corrected chi connectivity index (χ2v) is 11.9. The lowest BCUT2D eigenvalue weighted by molar-refractivity contribution is 0.0938. The Morgan fingerprint density at radius 1 is 0.955 bits per heavy atom. The first-order chi connectivity index (χ1) is 21.5. The fourth-order valence-corrected chi connectivity index (χ4v) is 6.34. The van der Waals surface area contributed by atoms with Crippen molar-refractivity contribution < 1.29 is 9.47 Å². The van der Waals surface area contributed by atoms with Crippen molar-refractivity contribution in [1.29, 1.82) is 0 Å². The third-order valence-corrected chi connectivity index (χ3v) is 8.87. The van der Waals surface area contributed by atoms with E-state index in [1.54, 1.807) is 20.2 Å². The first kappa shape index (κ1) is 30.2. The molecule has 6 rings (SSSR count). The highest BCUT2D eigenvalue weighted by molar-refractivity contribution is 5.94. The van der Waals surface area contributed by atoms with Gasteiger partial charge in [-0.2, -0.15) is 5.10 Å². The van der Waals surface area contributed by atoms with E-state index < -0.39 is 0 Å². The van der Waals surface area contributed by atoms with Crippen LogP contribution in [0.15, 0.2) is 53.5 Å². The summed E-state index contributed by atoms with van der Waals surface area (Å²) in [7, 11) is 3.41. The zero-order chi connectivity index (χ0) is 30.5. The number of ether oxygens (including phenoxy) is 2. The summed E-state index contributed by atoms with van der Waals surface area (Å²) in [6.07, 6.45) is 5.71. The molecule has 2 fully saturated rings. The molecule has 0 unspecified atom stereocenters. The Bertz CT molecular complexity index is 1590. The molecule has 1 saturated carbocycles. The number of aromatic nitrogens is 5. The van der Waals surface area contributed by atoms with Crippen molar-refractivity contribution in [2.45, 2.75) is 51.3 Å². The van der Waals surface area contributed by atoms with Gasteiger partial charge in [0, 0.05) is 95.3 Å². The maximum absolute atomic E-state index is 11.7. The summed E-state index contributed by atoms with van der Waals surface area (Å²) in [6.45, 7) is 9.99. The van der Waals surface area contributed by atoms with Crippen LogP contribution in [0, 0.1) is 0 Å². The first-order valence-electron chi connectivity index (χ1n) is 15.9. The Morgan fingerprint density at radius 2 is 1.70 bits per heavy atom. The molecule has 0 atom stereocenters. The monoisotopic (exact) mass is 600 g/mol. The summed E-state index contributed by atoms with van der Waals surface area (Å²) in [5, 5.41) is 13.9. The van der Waals surface area contributed by atoms with Crippen molar-refractivity contribution in [2.75, 3.05) is 58.3 Å². The van der Waals surface area contributed by atoms with E-state index in [9.17, 15) is 4.79 Å². The number of benzene rings is 1. The third kappa shape index (κ3) is 6.95. The molecule has 2 aliphatic rings. The van der Waals surface area contributed by atoms with Gasteiger partial charge in [0.15, 0.2) is 0 Å². The minimum absolute atomic E-state index is 0.0670. The number of fused-ring (bicyclic) bond motifs is 1. The Hall–Kier alpha value is -3.80. The lowest BCUT2D eigenvalue weighted by atomic mass is 9.93. The van der Waals surface area contributed by atoms with Crippen molar-refractivity contribution in [3.8, 4) is 17.1 Å². The largest absolute Gasteiger partial charge is 0.473 e. The standard InChI is InChI=1S/C33H44N8O3/c1-4-34-30-21-29-28(22-35-30)33(25-7-5-24(6-8-25)23-40-17-15-39(16-18-40)19-20-43-3)37-41(29)26-9-11-27(12-10-26)44-31-13-14-32(42)38(2)36-31/h5-8,13-14,21-22,26-27H,4,9-12,15-20,23H2,1-3H3,(H,34,35). The van der Waals surface area contributed by atoms with Crippen LogP contribution in [0.4, 0.5) is 5.82 Å². The molecule has 11 nitrogen and oxygen atoms in total. The summed E-state index contributed by atoms with van der Waals surface area (Å²) in [4.78, 5) is 21.4. The number of methoxy groups -OCH3 is 1. The van der Waals surface area contributed by atoms with Crippen LogP contribution in [-0.2, 0) is 18.3 Å². The van der Waals surface area contributed by atoms with Crippen LogP contribution in [0.1, 0.15) is 44.2 Å². The molecule has 0 bridgehead atoms. The Labute approximate surface area is 258 Å². The van der Waals surface area contributed by atoms with Crippen LogP contribution >= 0.6 is 0 Å². The average Bonchev–Trinajstić information content (AvgIpc) is 3.42. The van der Waals surface area contributed by atoms with Gasteiger partial charge >= 0.3 is 0 Å². The number of rotatable bonds is 11. The van der Waals surface area contributed by atoms with Gasteiger partial charge in [0.05, 0.1) is 18.2 Å². The molecule has 1 saturated heterocycles. The second-order valence-electron chi connectivity index (χ2n) is 11.9. The first-order valence-corrected chi connectivity index (χ1v) is 15.9. The summed E-state index contributed by atoms with van der Waals surface area (Å²) >= 11 is 0. The highest BCUT2D eigenvalue weighted by Gasteiger charge is 2.27. The molecular formula is C33H44N8O3. The van der Waals surface area contributed by atoms with Crippen LogP contribution in [0.25, 0.3) is 22.2 Å². The number of anilines is 1. The molecule has 234 valence electrons. The van der Waals surface area contributed by atoms with E-state index in [2.05, 4.69) is 62.2 Å². The van der Waals surface area contributed by atoms with Gasteiger partial charge < -0.3 is 14.8 Å². The Morgan fingerprint density at radius 3 is 2.41 bits per heavy atom. The van der Waals surface area contributed by atoms with Crippen LogP contribution in [-0.4, -0.2) is 93.4 Å². The normalized spacial score (nSPS) is 19.8. The molecule has 4 aromatic rings. The van der Waals surface area contributed by atoms with Gasteiger partial charge in [-0.25, -0.2) is 9.67 Å². The van der Waals surface area contributed by atoms with E-state index >= 15 is 0 Å². The summed E-state index contributed by atoms with van der Waals surface area (Å²) in [5.74, 6) is 1.36. The van der Waals surface area contributed by atoms with Gasteiger partial charge in [0.25, 0.3) is 5.56 Å². The topological polar surface area (TPSA) is 103 Å². The maximum Gasteiger partial charge on any atom is 0.266 e. The van der Waals surface area contributed by atoms with Crippen LogP contribution in [0.5, 0.6) is 5.88 Å². The third-order valence-electron chi connectivity index (χ3n) is 8.87. The Kier molecular flexibility index (Phi) is 9.54. The van der Waals surface area contributed by atoms with Gasteiger partial charge in [-0.15, -0.1) is 5.10 Å². The summed E-state index contributed by atoms with van der Waals surface area (Å²) in [6, 6.07) is 14.5. The van der Waals surface area contributed by atoms with E-state index in [0.29, 0.717) is 5.88 Å². The van der Waals surface area contributed by atoms with Gasteiger partial charge in [0.2, 0.25) is 5.88 Å². The SMILES string of the molecule is CCNc1cc2c(cn1)c(-c1ccc(CN3CCN(CCOC)CC3)cc1)nn2C1CCC(Oc2ccc(=O)n(C)n2)CC1. The number of hydrogen-bond acceptors (Lipinski definition) is 9. The maximum atomic E-state index is 11.7. The van der Waals surface area contributed by atoms with E-state index in [1.807, 2.05) is 6.20 Å². The minimum atomic E-state index is -0.143. The average molecular weight is 601 g/mol. The second kappa shape index (κ2) is 13.9. The quantitative estimate of drug-likeness (QED) is 0.274. The molecule has 4 heterocycles. The number of nitrogens with one attached hydrogen (secondary N) is 1. The number of piperazine rings is 1.